The smallest absolute Gasteiger partial charge is 0.307 e. The number of carboxylic acids is 1. The van der Waals surface area contributed by atoms with Crippen molar-refractivity contribution in [3.05, 3.63) is 76.3 Å². The normalized spacial score (nSPS) is 11.7. The van der Waals surface area contributed by atoms with Gasteiger partial charge in [0.2, 0.25) is 0 Å². The number of rotatable bonds is 5. The van der Waals surface area contributed by atoms with Gasteiger partial charge in [0, 0.05) is 27.3 Å². The lowest BCUT2D eigenvalue weighted by Crippen LogP contribution is -2.11. The van der Waals surface area contributed by atoms with E-state index in [9.17, 15) is 9.59 Å². The summed E-state index contributed by atoms with van der Waals surface area (Å²) in [5.41, 5.74) is 3.03. The van der Waals surface area contributed by atoms with Crippen molar-refractivity contribution >= 4 is 34.1 Å². The van der Waals surface area contributed by atoms with Crippen LogP contribution in [0.4, 0.5) is 0 Å². The lowest BCUT2D eigenvalue weighted by atomic mass is 9.93. The van der Waals surface area contributed by atoms with E-state index in [1.807, 2.05) is 11.4 Å². The minimum atomic E-state index is -0.969. The van der Waals surface area contributed by atoms with Crippen molar-refractivity contribution in [3.63, 3.8) is 0 Å². The number of carboxylic acid groups (broad SMARTS) is 1. The summed E-state index contributed by atoms with van der Waals surface area (Å²) >= 11 is 1.53. The minimum absolute atomic E-state index is 0.0380. The molecule has 0 saturated heterocycles. The second-order valence-corrected chi connectivity index (χ2v) is 9.07. The van der Waals surface area contributed by atoms with Gasteiger partial charge in [0.15, 0.2) is 16.6 Å². The molecule has 0 aliphatic rings. The SMILES string of the molecule is CC(C)(C)c1csc(-c2cc3cc(C(=O)c4ccccc4CC(=O)O)ccc3o2)n1. The summed E-state index contributed by atoms with van der Waals surface area (Å²) in [6, 6.07) is 14.0. The predicted octanol–water partition coefficient (Wildman–Crippen LogP) is 5.71. The Balaban J connectivity index is 1.69. The zero-order valence-electron chi connectivity index (χ0n) is 16.9. The number of aliphatic carboxylic acids is 1. The number of fused-ring (bicyclic) bond motifs is 1. The molecule has 0 aliphatic carbocycles. The zero-order chi connectivity index (χ0) is 21.5. The van der Waals surface area contributed by atoms with Crippen molar-refractivity contribution in [1.82, 2.24) is 4.98 Å². The van der Waals surface area contributed by atoms with Crippen molar-refractivity contribution in [3.8, 4) is 10.8 Å². The molecule has 0 unspecified atom stereocenters. The lowest BCUT2D eigenvalue weighted by molar-refractivity contribution is -0.136. The fourth-order valence-corrected chi connectivity index (χ4v) is 4.23. The van der Waals surface area contributed by atoms with Crippen LogP contribution in [0.15, 0.2) is 58.3 Å². The Labute approximate surface area is 178 Å². The number of carbonyl (C=O) groups is 2. The van der Waals surface area contributed by atoms with Gasteiger partial charge in [-0.1, -0.05) is 45.0 Å². The minimum Gasteiger partial charge on any atom is -0.481 e. The maximum Gasteiger partial charge on any atom is 0.307 e. The summed E-state index contributed by atoms with van der Waals surface area (Å²) in [7, 11) is 0. The molecule has 0 bridgehead atoms. The lowest BCUT2D eigenvalue weighted by Gasteiger charge is -2.13. The molecule has 0 amide bonds. The summed E-state index contributed by atoms with van der Waals surface area (Å²) in [6.45, 7) is 6.35. The Morgan fingerprint density at radius 3 is 2.57 bits per heavy atom. The van der Waals surface area contributed by atoms with Crippen LogP contribution in [0.3, 0.4) is 0 Å². The van der Waals surface area contributed by atoms with E-state index in [0.29, 0.717) is 28.0 Å². The first-order valence-electron chi connectivity index (χ1n) is 9.57. The molecular formula is C24H21NO4S. The van der Waals surface area contributed by atoms with Crippen LogP contribution in [0.2, 0.25) is 0 Å². The molecule has 2 aromatic heterocycles. The van der Waals surface area contributed by atoms with Crippen molar-refractivity contribution < 1.29 is 19.1 Å². The topological polar surface area (TPSA) is 80.4 Å². The first-order chi connectivity index (χ1) is 14.2. The van der Waals surface area contributed by atoms with Crippen molar-refractivity contribution in [2.75, 3.05) is 0 Å². The number of hydrogen-bond donors (Lipinski definition) is 1. The number of aromatic nitrogens is 1. The van der Waals surface area contributed by atoms with E-state index in [4.69, 9.17) is 14.5 Å². The maximum absolute atomic E-state index is 13.0. The number of carbonyl (C=O) groups excluding carboxylic acids is 1. The number of ketones is 1. The van der Waals surface area contributed by atoms with E-state index in [0.717, 1.165) is 16.1 Å². The summed E-state index contributed by atoms with van der Waals surface area (Å²) in [6.07, 6.45) is -0.194. The van der Waals surface area contributed by atoms with Crippen LogP contribution in [0.25, 0.3) is 21.7 Å². The van der Waals surface area contributed by atoms with E-state index in [1.54, 1.807) is 42.5 Å². The molecule has 0 radical (unpaired) electrons. The van der Waals surface area contributed by atoms with E-state index >= 15 is 0 Å². The first-order valence-corrected chi connectivity index (χ1v) is 10.4. The van der Waals surface area contributed by atoms with Gasteiger partial charge in [-0.25, -0.2) is 4.98 Å². The second kappa shape index (κ2) is 7.54. The predicted molar refractivity (Wildman–Crippen MR) is 117 cm³/mol. The van der Waals surface area contributed by atoms with Crippen molar-refractivity contribution in [2.45, 2.75) is 32.6 Å². The Bertz CT molecular complexity index is 1260. The van der Waals surface area contributed by atoms with Gasteiger partial charge in [-0.3, -0.25) is 9.59 Å². The first kappa shape index (κ1) is 20.0. The molecule has 0 spiro atoms. The van der Waals surface area contributed by atoms with Crippen LogP contribution < -0.4 is 0 Å². The van der Waals surface area contributed by atoms with Crippen LogP contribution in [-0.4, -0.2) is 21.8 Å². The highest BCUT2D eigenvalue weighted by molar-refractivity contribution is 7.13. The molecule has 4 rings (SSSR count). The number of furan rings is 1. The molecule has 2 heterocycles. The zero-order valence-corrected chi connectivity index (χ0v) is 17.7. The highest BCUT2D eigenvalue weighted by Crippen LogP contribution is 2.33. The Hall–Kier alpha value is -3.25. The van der Waals surface area contributed by atoms with Gasteiger partial charge in [-0.2, -0.15) is 0 Å². The molecule has 6 heteroatoms. The monoisotopic (exact) mass is 419 g/mol. The van der Waals surface area contributed by atoms with Gasteiger partial charge in [0.1, 0.15) is 5.58 Å². The molecule has 0 aliphatic heterocycles. The molecule has 0 atom stereocenters. The van der Waals surface area contributed by atoms with E-state index in [2.05, 4.69) is 20.8 Å². The quantitative estimate of drug-likeness (QED) is 0.419. The molecular weight excluding hydrogens is 398 g/mol. The number of nitrogens with zero attached hydrogens (tertiary/aromatic N) is 1. The van der Waals surface area contributed by atoms with Gasteiger partial charge in [0.05, 0.1) is 12.1 Å². The van der Waals surface area contributed by atoms with Crippen molar-refractivity contribution in [2.24, 2.45) is 0 Å². The van der Waals surface area contributed by atoms with E-state index in [-0.39, 0.29) is 17.6 Å². The van der Waals surface area contributed by atoms with Gasteiger partial charge < -0.3 is 9.52 Å². The van der Waals surface area contributed by atoms with Gasteiger partial charge in [-0.05, 0) is 29.8 Å². The largest absolute Gasteiger partial charge is 0.481 e. The van der Waals surface area contributed by atoms with E-state index < -0.39 is 5.97 Å². The van der Waals surface area contributed by atoms with Gasteiger partial charge >= 0.3 is 5.97 Å². The molecule has 4 aromatic rings. The highest BCUT2D eigenvalue weighted by Gasteiger charge is 2.20. The third-order valence-electron chi connectivity index (χ3n) is 4.87. The Morgan fingerprint density at radius 2 is 1.87 bits per heavy atom. The molecule has 1 N–H and O–H groups in total. The molecule has 0 fully saturated rings. The summed E-state index contributed by atoms with van der Waals surface area (Å²) in [5.74, 6) is -0.509. The molecule has 0 saturated carbocycles. The Kier molecular flexibility index (Phi) is 5.03. The number of benzene rings is 2. The number of thiazole rings is 1. The van der Waals surface area contributed by atoms with Crippen LogP contribution in [0, 0.1) is 0 Å². The molecule has 152 valence electrons. The van der Waals surface area contributed by atoms with E-state index in [1.165, 1.54) is 11.3 Å². The van der Waals surface area contributed by atoms with Crippen LogP contribution in [0.1, 0.15) is 48.0 Å². The average molecular weight is 420 g/mol. The van der Waals surface area contributed by atoms with Crippen LogP contribution in [0.5, 0.6) is 0 Å². The van der Waals surface area contributed by atoms with Gasteiger partial charge in [-0.15, -0.1) is 11.3 Å². The fraction of sp³-hybridized carbons (Fsp3) is 0.208. The van der Waals surface area contributed by atoms with Crippen LogP contribution in [-0.2, 0) is 16.6 Å². The van der Waals surface area contributed by atoms with Gasteiger partial charge in [0.25, 0.3) is 0 Å². The molecule has 5 nitrogen and oxygen atoms in total. The second-order valence-electron chi connectivity index (χ2n) is 8.21. The molecule has 30 heavy (non-hydrogen) atoms. The standard InChI is InChI=1S/C24H21NO4S/c1-24(2,3)20-13-30-23(25-20)19-11-16-10-15(8-9-18(16)29-19)22(28)17-7-5-4-6-14(17)12-21(26)27/h4-11,13H,12H2,1-3H3,(H,26,27). The third kappa shape index (κ3) is 3.91. The fourth-order valence-electron chi connectivity index (χ4n) is 3.24. The van der Waals surface area contributed by atoms with Crippen LogP contribution >= 0.6 is 11.3 Å². The summed E-state index contributed by atoms with van der Waals surface area (Å²) < 4.78 is 5.96. The summed E-state index contributed by atoms with van der Waals surface area (Å²) in [5, 5.41) is 12.8. The van der Waals surface area contributed by atoms with Crippen molar-refractivity contribution in [1.29, 1.82) is 0 Å². The average Bonchev–Trinajstić information content (AvgIpc) is 3.33. The Morgan fingerprint density at radius 1 is 1.10 bits per heavy atom. The maximum atomic E-state index is 13.0. The molecule has 2 aromatic carbocycles. The summed E-state index contributed by atoms with van der Waals surface area (Å²) in [4.78, 5) is 28.9. The highest BCUT2D eigenvalue weighted by atomic mass is 32.1. The third-order valence-corrected chi connectivity index (χ3v) is 5.72. The number of hydrogen-bond acceptors (Lipinski definition) is 5.